The van der Waals surface area contributed by atoms with Gasteiger partial charge in [0.25, 0.3) is 5.91 Å². The molecule has 2 aromatic carbocycles. The van der Waals surface area contributed by atoms with Crippen molar-refractivity contribution in [1.29, 1.82) is 0 Å². The summed E-state index contributed by atoms with van der Waals surface area (Å²) in [4.78, 5) is 41.5. The van der Waals surface area contributed by atoms with Crippen molar-refractivity contribution in [3.8, 4) is 5.75 Å². The first-order valence-electron chi connectivity index (χ1n) is 11.1. The number of nitrogens with zero attached hydrogens (tertiary/aromatic N) is 2. The number of pyridine rings is 1. The zero-order valence-electron chi connectivity index (χ0n) is 19.3. The van der Waals surface area contributed by atoms with Crippen molar-refractivity contribution in [2.75, 3.05) is 13.1 Å². The summed E-state index contributed by atoms with van der Waals surface area (Å²) >= 11 is 0. The first-order chi connectivity index (χ1) is 16.8. The molecule has 3 amide bonds. The summed E-state index contributed by atoms with van der Waals surface area (Å²) < 4.78 is 6.12. The number of fused-ring (bicyclic) bond motifs is 1. The first kappa shape index (κ1) is 24.0. The number of amides is 3. The number of nitrogens with one attached hydrogen (secondary N) is 2. The van der Waals surface area contributed by atoms with Gasteiger partial charge in [-0.3, -0.25) is 19.8 Å². The van der Waals surface area contributed by atoms with Crippen LogP contribution in [0, 0.1) is 12.8 Å². The average molecular weight is 479 g/mol. The van der Waals surface area contributed by atoms with Crippen molar-refractivity contribution in [3.05, 3.63) is 71.4 Å². The lowest BCUT2D eigenvalue weighted by Gasteiger charge is -2.19. The van der Waals surface area contributed by atoms with E-state index in [4.69, 9.17) is 9.94 Å². The maximum absolute atomic E-state index is 12.8. The molecule has 3 unspecified atom stereocenters. The maximum Gasteiger partial charge on any atom is 0.407 e. The summed E-state index contributed by atoms with van der Waals surface area (Å²) in [6.45, 7) is 3.70. The lowest BCUT2D eigenvalue weighted by molar-refractivity contribution is -0.133. The van der Waals surface area contributed by atoms with Crippen LogP contribution < -0.4 is 15.5 Å². The van der Waals surface area contributed by atoms with Crippen molar-refractivity contribution < 1.29 is 29.4 Å². The highest BCUT2D eigenvalue weighted by atomic mass is 16.5. The lowest BCUT2D eigenvalue weighted by atomic mass is 10.0. The third-order valence-electron chi connectivity index (χ3n) is 6.10. The smallest absolute Gasteiger partial charge is 0.407 e. The van der Waals surface area contributed by atoms with E-state index < -0.39 is 29.9 Å². The Kier molecular flexibility index (Phi) is 6.83. The molecule has 10 heteroatoms. The van der Waals surface area contributed by atoms with Crippen LogP contribution in [0.15, 0.2) is 54.6 Å². The lowest BCUT2D eigenvalue weighted by Crippen LogP contribution is -2.45. The molecule has 1 aliphatic rings. The van der Waals surface area contributed by atoms with Crippen LogP contribution >= 0.6 is 0 Å². The molecule has 4 N–H and O–H groups in total. The fourth-order valence-corrected chi connectivity index (χ4v) is 4.34. The Morgan fingerprint density at radius 2 is 1.83 bits per heavy atom. The van der Waals surface area contributed by atoms with Gasteiger partial charge in [0, 0.05) is 35.3 Å². The summed E-state index contributed by atoms with van der Waals surface area (Å²) in [5.74, 6) is -1.55. The Morgan fingerprint density at radius 1 is 1.11 bits per heavy atom. The second-order valence-corrected chi connectivity index (χ2v) is 8.50. The van der Waals surface area contributed by atoms with E-state index in [2.05, 4.69) is 10.3 Å². The highest BCUT2D eigenvalue weighted by Crippen LogP contribution is 2.28. The van der Waals surface area contributed by atoms with Gasteiger partial charge in [-0.25, -0.2) is 10.3 Å². The molecule has 0 saturated carbocycles. The monoisotopic (exact) mass is 478 g/mol. The number of benzene rings is 2. The summed E-state index contributed by atoms with van der Waals surface area (Å²) in [5, 5.41) is 21.9. The highest BCUT2D eigenvalue weighted by molar-refractivity contribution is 5.95. The van der Waals surface area contributed by atoms with Gasteiger partial charge in [-0.15, -0.1) is 0 Å². The SMILES string of the molecule is Cc1cc(C(C)Oc2ccc(C(=O)NC3CN(C(=O)O)CC3C(=O)NO)cc2)c2ccccc2n1. The first-order valence-corrected chi connectivity index (χ1v) is 11.1. The van der Waals surface area contributed by atoms with Gasteiger partial charge in [0.05, 0.1) is 17.5 Å². The Hall–Kier alpha value is -4.18. The van der Waals surface area contributed by atoms with Crippen LogP contribution in [0.25, 0.3) is 10.9 Å². The van der Waals surface area contributed by atoms with Gasteiger partial charge in [-0.05, 0) is 50.2 Å². The number of ether oxygens (including phenoxy) is 1. The van der Waals surface area contributed by atoms with E-state index >= 15 is 0 Å². The third-order valence-corrected chi connectivity index (χ3v) is 6.10. The zero-order chi connectivity index (χ0) is 25.1. The quantitative estimate of drug-likeness (QED) is 0.315. The topological polar surface area (TPSA) is 141 Å². The standard InChI is InChI=1S/C25H26N4O6/c1-14-11-19(18-5-3-4-6-21(18)26-14)15(2)35-17-9-7-16(8-10-17)23(30)27-22-13-29(25(32)33)12-20(22)24(31)28-34/h3-11,15,20,22,34H,12-13H2,1-2H3,(H,27,30)(H,28,31)(H,32,33). The maximum atomic E-state index is 12.8. The van der Waals surface area contributed by atoms with E-state index in [1.54, 1.807) is 24.3 Å². The number of carboxylic acid groups (broad SMARTS) is 1. The number of hydroxylamine groups is 1. The van der Waals surface area contributed by atoms with Crippen molar-refractivity contribution in [3.63, 3.8) is 0 Å². The van der Waals surface area contributed by atoms with Gasteiger partial charge in [-0.2, -0.15) is 0 Å². The van der Waals surface area contributed by atoms with E-state index in [-0.39, 0.29) is 19.2 Å². The second-order valence-electron chi connectivity index (χ2n) is 8.50. The molecule has 0 radical (unpaired) electrons. The molecule has 1 aromatic heterocycles. The molecular formula is C25H26N4O6. The highest BCUT2D eigenvalue weighted by Gasteiger charge is 2.40. The van der Waals surface area contributed by atoms with Crippen LogP contribution in [0.5, 0.6) is 5.75 Å². The molecule has 3 atom stereocenters. The number of hydrogen-bond donors (Lipinski definition) is 4. The van der Waals surface area contributed by atoms with E-state index in [0.717, 1.165) is 27.1 Å². The number of likely N-dealkylation sites (tertiary alicyclic amines) is 1. The van der Waals surface area contributed by atoms with Gasteiger partial charge in [0.2, 0.25) is 5.91 Å². The van der Waals surface area contributed by atoms with E-state index in [9.17, 15) is 19.5 Å². The van der Waals surface area contributed by atoms with Gasteiger partial charge in [0.1, 0.15) is 11.9 Å². The molecular weight excluding hydrogens is 452 g/mol. The molecule has 182 valence electrons. The molecule has 2 heterocycles. The Labute approximate surface area is 201 Å². The van der Waals surface area contributed by atoms with Crippen molar-refractivity contribution >= 4 is 28.8 Å². The van der Waals surface area contributed by atoms with Crippen molar-refractivity contribution in [2.24, 2.45) is 5.92 Å². The molecule has 10 nitrogen and oxygen atoms in total. The van der Waals surface area contributed by atoms with Crippen LogP contribution in [0.3, 0.4) is 0 Å². The molecule has 0 bridgehead atoms. The van der Waals surface area contributed by atoms with E-state index in [1.807, 2.05) is 44.2 Å². The fourth-order valence-electron chi connectivity index (χ4n) is 4.34. The molecule has 1 aliphatic heterocycles. The predicted molar refractivity (Wildman–Crippen MR) is 126 cm³/mol. The minimum absolute atomic E-state index is 0.0584. The summed E-state index contributed by atoms with van der Waals surface area (Å²) in [6, 6.07) is 15.6. The van der Waals surface area contributed by atoms with Crippen LogP contribution in [-0.2, 0) is 4.79 Å². The third kappa shape index (κ3) is 5.17. The summed E-state index contributed by atoms with van der Waals surface area (Å²) in [7, 11) is 0. The number of rotatable bonds is 6. The predicted octanol–water partition coefficient (Wildman–Crippen LogP) is 2.90. The van der Waals surface area contributed by atoms with Gasteiger partial charge < -0.3 is 20.1 Å². The zero-order valence-corrected chi connectivity index (χ0v) is 19.3. The van der Waals surface area contributed by atoms with Crippen LogP contribution in [-0.4, -0.2) is 57.2 Å². The number of hydrogen-bond acceptors (Lipinski definition) is 6. The summed E-state index contributed by atoms with van der Waals surface area (Å²) in [5.41, 5.74) is 4.65. The van der Waals surface area contributed by atoms with Crippen molar-refractivity contribution in [1.82, 2.24) is 20.7 Å². The Balaban J connectivity index is 1.45. The largest absolute Gasteiger partial charge is 0.486 e. The molecule has 0 spiro atoms. The van der Waals surface area contributed by atoms with Gasteiger partial charge >= 0.3 is 6.09 Å². The Morgan fingerprint density at radius 3 is 2.51 bits per heavy atom. The second kappa shape index (κ2) is 9.98. The van der Waals surface area contributed by atoms with Gasteiger partial charge in [-0.1, -0.05) is 18.2 Å². The van der Waals surface area contributed by atoms with E-state index in [1.165, 1.54) is 5.48 Å². The minimum Gasteiger partial charge on any atom is -0.486 e. The number of aryl methyl sites for hydroxylation is 1. The molecule has 35 heavy (non-hydrogen) atoms. The molecule has 1 saturated heterocycles. The number of carbonyl (C=O) groups excluding carboxylic acids is 2. The van der Waals surface area contributed by atoms with Crippen molar-refractivity contribution in [2.45, 2.75) is 26.0 Å². The number of carbonyl (C=O) groups is 3. The van der Waals surface area contributed by atoms with Gasteiger partial charge in [0.15, 0.2) is 0 Å². The molecule has 4 rings (SSSR count). The van der Waals surface area contributed by atoms with Crippen LogP contribution in [0.2, 0.25) is 0 Å². The minimum atomic E-state index is -1.20. The van der Waals surface area contributed by atoms with Crippen LogP contribution in [0.1, 0.15) is 34.6 Å². The number of para-hydroxylation sites is 1. The summed E-state index contributed by atoms with van der Waals surface area (Å²) in [6.07, 6.45) is -1.47. The normalized spacial score (nSPS) is 18.2. The molecule has 1 fully saturated rings. The number of aromatic nitrogens is 1. The molecule has 3 aromatic rings. The fraction of sp³-hybridized carbons (Fsp3) is 0.280. The Bertz CT molecular complexity index is 1260. The van der Waals surface area contributed by atoms with E-state index in [0.29, 0.717) is 11.3 Å². The molecule has 0 aliphatic carbocycles. The van der Waals surface area contributed by atoms with Crippen LogP contribution in [0.4, 0.5) is 4.79 Å². The average Bonchev–Trinajstić information content (AvgIpc) is 3.27.